The summed E-state index contributed by atoms with van der Waals surface area (Å²) in [6, 6.07) is 11.0. The lowest BCUT2D eigenvalue weighted by Crippen LogP contribution is -2.34. The van der Waals surface area contributed by atoms with Crippen molar-refractivity contribution in [1.82, 2.24) is 19.4 Å². The first kappa shape index (κ1) is 28.7. The van der Waals surface area contributed by atoms with E-state index in [2.05, 4.69) is 16.0 Å². The molecule has 6 rings (SSSR count). The fourth-order valence-electron chi connectivity index (χ4n) is 6.12. The number of cyclic esters (lactones) is 1. The van der Waals surface area contributed by atoms with Crippen molar-refractivity contribution >= 4 is 18.1 Å². The van der Waals surface area contributed by atoms with Crippen LogP contribution >= 0.6 is 0 Å². The molecule has 3 aliphatic heterocycles. The van der Waals surface area contributed by atoms with Crippen LogP contribution in [0.15, 0.2) is 48.7 Å². The minimum absolute atomic E-state index is 0.245. The normalized spacial score (nSPS) is 20.7. The molecule has 0 radical (unpaired) electrons. The molecule has 0 spiro atoms. The molecule has 1 atom stereocenters. The zero-order chi connectivity index (χ0) is 30.1. The first-order valence-electron chi connectivity index (χ1n) is 14.6. The molecule has 1 unspecified atom stereocenters. The van der Waals surface area contributed by atoms with Gasteiger partial charge in [-0.1, -0.05) is 18.2 Å². The number of piperidine rings is 1. The number of ether oxygens (including phenoxy) is 3. The van der Waals surface area contributed by atoms with E-state index in [1.54, 1.807) is 24.1 Å². The van der Waals surface area contributed by atoms with E-state index < -0.39 is 11.8 Å². The van der Waals surface area contributed by atoms with E-state index in [-0.39, 0.29) is 17.8 Å². The maximum atomic E-state index is 14.9. The molecule has 43 heavy (non-hydrogen) atoms. The number of benzene rings is 2. The molecule has 1 amide bonds. The Balaban J connectivity index is 1.13. The smallest absolute Gasteiger partial charge is 0.410 e. The van der Waals surface area contributed by atoms with Crippen LogP contribution in [0.25, 0.3) is 6.08 Å². The highest BCUT2D eigenvalue weighted by atomic mass is 19.1. The summed E-state index contributed by atoms with van der Waals surface area (Å²) in [6.45, 7) is 7.68. The van der Waals surface area contributed by atoms with Gasteiger partial charge in [-0.25, -0.2) is 19.0 Å². The lowest BCUT2D eigenvalue weighted by atomic mass is 9.88. The zero-order valence-corrected chi connectivity index (χ0v) is 24.3. The Kier molecular flexibility index (Phi) is 7.83. The third-order valence-electron chi connectivity index (χ3n) is 8.42. The number of hydrogen-bond donors (Lipinski definition) is 1. The van der Waals surface area contributed by atoms with E-state index in [1.165, 1.54) is 12.1 Å². The fraction of sp³-hybridized carbons (Fsp3) is 0.406. The number of fused-ring (bicyclic) bond motifs is 1. The monoisotopic (exact) mass is 590 g/mol. The molecule has 0 aliphatic carbocycles. The number of carboxylic acids is 1. The van der Waals surface area contributed by atoms with Crippen LogP contribution in [-0.4, -0.2) is 69.3 Å². The quantitative estimate of drug-likeness (QED) is 0.351. The minimum Gasteiger partial charge on any atom is -0.478 e. The van der Waals surface area contributed by atoms with E-state index in [4.69, 9.17) is 19.3 Å². The number of carboxylic acid groups (broad SMARTS) is 1. The molecule has 1 N–H and O–H groups in total. The number of carbonyl (C=O) groups is 2. The van der Waals surface area contributed by atoms with Crippen molar-refractivity contribution in [1.29, 1.82) is 0 Å². The summed E-state index contributed by atoms with van der Waals surface area (Å²) >= 11 is 0. The number of rotatable bonds is 9. The van der Waals surface area contributed by atoms with Crippen molar-refractivity contribution < 1.29 is 33.3 Å². The van der Waals surface area contributed by atoms with Crippen LogP contribution in [0.1, 0.15) is 53.9 Å². The maximum Gasteiger partial charge on any atom is 0.410 e. The molecule has 0 bridgehead atoms. The van der Waals surface area contributed by atoms with Gasteiger partial charge in [0, 0.05) is 31.7 Å². The van der Waals surface area contributed by atoms with Gasteiger partial charge in [-0.05, 0) is 68.6 Å². The summed E-state index contributed by atoms with van der Waals surface area (Å²) < 4.78 is 34.4. The molecule has 2 fully saturated rings. The summed E-state index contributed by atoms with van der Waals surface area (Å²) in [5.41, 5.74) is 2.93. The standard InChI is InChI=1S/C32H35FN4O6/c1-21-6-8-25(26(33)18-21)32(2)42-27-5-3-4-24(30(27)43-32)22-10-12-35(13-11-22)20-28-34-19-23(7-9-29(38)39)37(28)15-14-36-16-17-41-31(36)40/h3-9,18-19,22H,10-17,20H2,1-2H3,(H,38,39)/b9-7+. The number of amides is 1. The van der Waals surface area contributed by atoms with Crippen LogP contribution in [0.3, 0.4) is 0 Å². The van der Waals surface area contributed by atoms with Crippen molar-refractivity contribution in [2.75, 3.05) is 32.8 Å². The number of para-hydroxylation sites is 1. The first-order valence-corrected chi connectivity index (χ1v) is 14.6. The van der Waals surface area contributed by atoms with Crippen molar-refractivity contribution in [3.8, 4) is 11.5 Å². The number of hydrogen-bond acceptors (Lipinski definition) is 7. The molecule has 1 aromatic heterocycles. The van der Waals surface area contributed by atoms with Gasteiger partial charge in [0.25, 0.3) is 5.79 Å². The van der Waals surface area contributed by atoms with Gasteiger partial charge in [0.15, 0.2) is 11.5 Å². The van der Waals surface area contributed by atoms with Crippen molar-refractivity contribution in [2.45, 2.75) is 51.5 Å². The molecular weight excluding hydrogens is 555 g/mol. The Morgan fingerprint density at radius 1 is 1.16 bits per heavy atom. The van der Waals surface area contributed by atoms with Crippen LogP contribution in [0.4, 0.5) is 9.18 Å². The predicted octanol–water partition coefficient (Wildman–Crippen LogP) is 4.90. The Morgan fingerprint density at radius 2 is 1.98 bits per heavy atom. The second-order valence-corrected chi connectivity index (χ2v) is 11.4. The Morgan fingerprint density at radius 3 is 2.70 bits per heavy atom. The molecule has 4 heterocycles. The lowest BCUT2D eigenvalue weighted by molar-refractivity contribution is -0.131. The number of aliphatic carboxylic acids is 1. The second kappa shape index (κ2) is 11.7. The van der Waals surface area contributed by atoms with Crippen LogP contribution in [0.5, 0.6) is 11.5 Å². The number of nitrogens with zero attached hydrogens (tertiary/aromatic N) is 4. The third-order valence-corrected chi connectivity index (χ3v) is 8.42. The van der Waals surface area contributed by atoms with Crippen molar-refractivity contribution in [3.05, 3.63) is 82.7 Å². The number of carbonyl (C=O) groups excluding carboxylic acids is 1. The van der Waals surface area contributed by atoms with Gasteiger partial charge in [0.05, 0.1) is 30.5 Å². The molecule has 2 aromatic carbocycles. The molecule has 2 saturated heterocycles. The molecular formula is C32H35FN4O6. The third kappa shape index (κ3) is 5.94. The SMILES string of the molecule is Cc1ccc(C2(C)Oc3cccc(C4CCN(Cc5ncc(/C=C/C(=O)O)n5CCN5CCOC5=O)CC4)c3O2)c(F)c1. The van der Waals surface area contributed by atoms with Crippen LogP contribution < -0.4 is 9.47 Å². The Hall–Kier alpha value is -4.38. The molecule has 0 saturated carbocycles. The highest BCUT2D eigenvalue weighted by Crippen LogP contribution is 2.49. The van der Waals surface area contributed by atoms with E-state index in [9.17, 15) is 14.0 Å². The number of aromatic nitrogens is 2. The Bertz CT molecular complexity index is 1560. The predicted molar refractivity (Wildman–Crippen MR) is 155 cm³/mol. The van der Waals surface area contributed by atoms with Gasteiger partial charge in [0.1, 0.15) is 18.2 Å². The summed E-state index contributed by atoms with van der Waals surface area (Å²) in [6.07, 6.45) is 5.74. The van der Waals surface area contributed by atoms with Crippen molar-refractivity contribution in [3.63, 3.8) is 0 Å². The minimum atomic E-state index is -1.24. The number of halogens is 1. The van der Waals surface area contributed by atoms with Gasteiger partial charge >= 0.3 is 12.1 Å². The zero-order valence-electron chi connectivity index (χ0n) is 24.3. The van der Waals surface area contributed by atoms with E-state index in [0.29, 0.717) is 55.5 Å². The number of aryl methyl sites for hydroxylation is 1. The van der Waals surface area contributed by atoms with Crippen LogP contribution in [-0.2, 0) is 28.4 Å². The fourth-order valence-corrected chi connectivity index (χ4v) is 6.12. The first-order chi connectivity index (χ1) is 20.7. The van der Waals surface area contributed by atoms with Crippen LogP contribution in [0.2, 0.25) is 0 Å². The Labute approximate surface area is 249 Å². The summed E-state index contributed by atoms with van der Waals surface area (Å²) in [7, 11) is 0. The maximum absolute atomic E-state index is 14.9. The highest BCUT2D eigenvalue weighted by Gasteiger charge is 2.43. The van der Waals surface area contributed by atoms with Crippen molar-refractivity contribution in [2.24, 2.45) is 0 Å². The van der Waals surface area contributed by atoms with E-state index in [0.717, 1.165) is 49.0 Å². The van der Waals surface area contributed by atoms with E-state index >= 15 is 0 Å². The molecule has 11 heteroatoms. The topological polar surface area (TPSA) is 106 Å². The van der Waals surface area contributed by atoms with E-state index in [1.807, 2.05) is 29.7 Å². The lowest BCUT2D eigenvalue weighted by Gasteiger charge is -2.32. The van der Waals surface area contributed by atoms with Gasteiger partial charge in [-0.15, -0.1) is 0 Å². The summed E-state index contributed by atoms with van der Waals surface area (Å²) in [5.74, 6) is -0.287. The molecule has 226 valence electrons. The number of imidazole rings is 1. The largest absolute Gasteiger partial charge is 0.478 e. The molecule has 3 aliphatic rings. The van der Waals surface area contributed by atoms with Gasteiger partial charge < -0.3 is 28.8 Å². The number of likely N-dealkylation sites (tertiary alicyclic amines) is 1. The molecule has 10 nitrogen and oxygen atoms in total. The summed E-state index contributed by atoms with van der Waals surface area (Å²) in [5, 5.41) is 9.13. The van der Waals surface area contributed by atoms with Gasteiger partial charge in [-0.3, -0.25) is 4.90 Å². The van der Waals surface area contributed by atoms with Gasteiger partial charge in [0.2, 0.25) is 0 Å². The molecule has 3 aromatic rings. The average molecular weight is 591 g/mol. The summed E-state index contributed by atoms with van der Waals surface area (Å²) in [4.78, 5) is 31.7. The van der Waals surface area contributed by atoms with Gasteiger partial charge in [-0.2, -0.15) is 0 Å². The van der Waals surface area contributed by atoms with Crippen LogP contribution in [0, 0.1) is 12.7 Å². The average Bonchev–Trinajstić information content (AvgIpc) is 3.67. The highest BCUT2D eigenvalue weighted by molar-refractivity contribution is 5.84. The second-order valence-electron chi connectivity index (χ2n) is 11.4.